The third-order valence-corrected chi connectivity index (χ3v) is 3.45. The molecule has 4 nitrogen and oxygen atoms in total. The Morgan fingerprint density at radius 2 is 1.83 bits per heavy atom. The van der Waals surface area contributed by atoms with Gasteiger partial charge in [-0.15, -0.1) is 0 Å². The third kappa shape index (κ3) is 2.59. The van der Waals surface area contributed by atoms with Gasteiger partial charge in [0.25, 0.3) is 0 Å². The van der Waals surface area contributed by atoms with Crippen LogP contribution in [0.15, 0.2) is 30.7 Å². The molecule has 18 heavy (non-hydrogen) atoms. The van der Waals surface area contributed by atoms with Crippen molar-refractivity contribution in [3.63, 3.8) is 0 Å². The van der Waals surface area contributed by atoms with Crippen LogP contribution in [0, 0.1) is 6.92 Å². The third-order valence-electron chi connectivity index (χ3n) is 3.45. The molecule has 2 rings (SSSR count). The number of hydrogen-bond donors (Lipinski definition) is 1. The minimum absolute atomic E-state index is 0.280. The number of aryl methyl sites for hydroxylation is 1. The number of nitrogens with one attached hydrogen (secondary N) is 1. The molecular weight excluding hydrogens is 224 g/mol. The Hall–Kier alpha value is -1.68. The minimum Gasteiger partial charge on any atom is -0.304 e. The van der Waals surface area contributed by atoms with Gasteiger partial charge in [0, 0.05) is 42.8 Å². The second-order valence-electron chi connectivity index (χ2n) is 4.70. The van der Waals surface area contributed by atoms with Crippen molar-refractivity contribution >= 4 is 0 Å². The summed E-state index contributed by atoms with van der Waals surface area (Å²) in [5.41, 5.74) is 3.70. The lowest BCUT2D eigenvalue weighted by atomic mass is 10.1. The Bertz CT molecular complexity index is 504. The minimum atomic E-state index is 0.280. The maximum Gasteiger partial charge on any atom is 0.0540 e. The monoisotopic (exact) mass is 244 g/mol. The lowest BCUT2D eigenvalue weighted by Gasteiger charge is -2.20. The van der Waals surface area contributed by atoms with Crippen LogP contribution in [0.3, 0.4) is 0 Å². The van der Waals surface area contributed by atoms with E-state index in [9.17, 15) is 0 Å². The van der Waals surface area contributed by atoms with Crippen molar-refractivity contribution in [2.75, 3.05) is 0 Å². The van der Waals surface area contributed by atoms with Gasteiger partial charge in [0.05, 0.1) is 6.20 Å². The first-order valence-corrected chi connectivity index (χ1v) is 6.24. The summed E-state index contributed by atoms with van der Waals surface area (Å²) < 4.78 is 1.91. The number of pyridine rings is 1. The summed E-state index contributed by atoms with van der Waals surface area (Å²) >= 11 is 0. The molecule has 0 aliphatic carbocycles. The topological polar surface area (TPSA) is 42.7 Å². The quantitative estimate of drug-likeness (QED) is 0.898. The first kappa shape index (κ1) is 12.8. The van der Waals surface area contributed by atoms with Gasteiger partial charge in [0.15, 0.2) is 0 Å². The number of aromatic nitrogens is 3. The molecule has 0 bridgehead atoms. The molecule has 0 radical (unpaired) electrons. The van der Waals surface area contributed by atoms with E-state index in [1.165, 1.54) is 16.8 Å². The highest BCUT2D eigenvalue weighted by Crippen LogP contribution is 2.20. The van der Waals surface area contributed by atoms with Gasteiger partial charge in [0.1, 0.15) is 0 Å². The Morgan fingerprint density at radius 3 is 2.39 bits per heavy atom. The smallest absolute Gasteiger partial charge is 0.0540 e. The van der Waals surface area contributed by atoms with Crippen LogP contribution < -0.4 is 5.32 Å². The van der Waals surface area contributed by atoms with Crippen molar-refractivity contribution in [3.8, 4) is 0 Å². The standard InChI is InChI=1S/C14H20N4/c1-10(13-5-7-15-8-6-13)17-11(2)14-9-16-18(4)12(14)3/h5-11,17H,1-4H3. The molecule has 96 valence electrons. The second-order valence-corrected chi connectivity index (χ2v) is 4.70. The molecule has 0 fully saturated rings. The summed E-state index contributed by atoms with van der Waals surface area (Å²) in [6.45, 7) is 6.43. The van der Waals surface area contributed by atoms with Gasteiger partial charge in [-0.05, 0) is 38.5 Å². The zero-order valence-electron chi connectivity index (χ0n) is 11.4. The Morgan fingerprint density at radius 1 is 1.17 bits per heavy atom. The number of nitrogens with zero attached hydrogens (tertiary/aromatic N) is 3. The highest BCUT2D eigenvalue weighted by atomic mass is 15.3. The van der Waals surface area contributed by atoms with Crippen LogP contribution in [0.25, 0.3) is 0 Å². The average molecular weight is 244 g/mol. The van der Waals surface area contributed by atoms with E-state index in [1.54, 1.807) is 0 Å². The first-order valence-electron chi connectivity index (χ1n) is 6.24. The Labute approximate surface area is 108 Å². The molecule has 2 unspecified atom stereocenters. The highest BCUT2D eigenvalue weighted by molar-refractivity contribution is 5.21. The van der Waals surface area contributed by atoms with Gasteiger partial charge < -0.3 is 5.32 Å². The normalized spacial score (nSPS) is 14.4. The molecule has 4 heteroatoms. The molecule has 2 atom stereocenters. The predicted molar refractivity (Wildman–Crippen MR) is 72.1 cm³/mol. The molecule has 1 N–H and O–H groups in total. The van der Waals surface area contributed by atoms with Crippen LogP contribution in [-0.4, -0.2) is 14.8 Å². The van der Waals surface area contributed by atoms with Crippen LogP contribution in [0.5, 0.6) is 0 Å². The van der Waals surface area contributed by atoms with Gasteiger partial charge in [0.2, 0.25) is 0 Å². The van der Waals surface area contributed by atoms with E-state index in [-0.39, 0.29) is 6.04 Å². The first-order chi connectivity index (χ1) is 8.59. The van der Waals surface area contributed by atoms with E-state index in [1.807, 2.05) is 42.5 Å². The molecule has 0 aliphatic rings. The van der Waals surface area contributed by atoms with Gasteiger partial charge in [-0.2, -0.15) is 5.10 Å². The molecule has 0 aromatic carbocycles. The summed E-state index contributed by atoms with van der Waals surface area (Å²) in [6, 6.07) is 4.66. The van der Waals surface area contributed by atoms with Crippen LogP contribution in [0.2, 0.25) is 0 Å². The molecule has 0 saturated heterocycles. The molecule has 2 heterocycles. The van der Waals surface area contributed by atoms with Crippen LogP contribution in [0.1, 0.15) is 42.8 Å². The van der Waals surface area contributed by atoms with E-state index in [4.69, 9.17) is 0 Å². The highest BCUT2D eigenvalue weighted by Gasteiger charge is 2.14. The fourth-order valence-corrected chi connectivity index (χ4v) is 2.15. The summed E-state index contributed by atoms with van der Waals surface area (Å²) in [7, 11) is 1.97. The largest absolute Gasteiger partial charge is 0.304 e. The SMILES string of the molecule is Cc1c(C(C)NC(C)c2ccncc2)cnn1C. The van der Waals surface area contributed by atoms with Crippen molar-refractivity contribution in [1.29, 1.82) is 0 Å². The van der Waals surface area contributed by atoms with E-state index in [0.717, 1.165) is 0 Å². The van der Waals surface area contributed by atoms with E-state index < -0.39 is 0 Å². The van der Waals surface area contributed by atoms with Crippen molar-refractivity contribution < 1.29 is 0 Å². The molecule has 0 aliphatic heterocycles. The fourth-order valence-electron chi connectivity index (χ4n) is 2.15. The average Bonchev–Trinajstić information content (AvgIpc) is 2.71. The maximum atomic E-state index is 4.28. The van der Waals surface area contributed by atoms with E-state index >= 15 is 0 Å². The van der Waals surface area contributed by atoms with E-state index in [0.29, 0.717) is 6.04 Å². The summed E-state index contributed by atoms with van der Waals surface area (Å²) in [5.74, 6) is 0. The second kappa shape index (κ2) is 5.31. The van der Waals surface area contributed by atoms with Gasteiger partial charge >= 0.3 is 0 Å². The van der Waals surface area contributed by atoms with E-state index in [2.05, 4.69) is 36.2 Å². The van der Waals surface area contributed by atoms with Crippen molar-refractivity contribution in [2.45, 2.75) is 32.9 Å². The van der Waals surface area contributed by atoms with Crippen molar-refractivity contribution in [3.05, 3.63) is 47.5 Å². The van der Waals surface area contributed by atoms with Gasteiger partial charge in [-0.1, -0.05) is 0 Å². The van der Waals surface area contributed by atoms with Gasteiger partial charge in [-0.25, -0.2) is 0 Å². The molecule has 2 aromatic rings. The summed E-state index contributed by atoms with van der Waals surface area (Å²) in [4.78, 5) is 4.04. The predicted octanol–water partition coefficient (Wildman–Crippen LogP) is 2.54. The fraction of sp³-hybridized carbons (Fsp3) is 0.429. The zero-order valence-corrected chi connectivity index (χ0v) is 11.4. The maximum absolute atomic E-state index is 4.28. The Kier molecular flexibility index (Phi) is 3.77. The summed E-state index contributed by atoms with van der Waals surface area (Å²) in [6.07, 6.45) is 5.59. The molecule has 0 amide bonds. The van der Waals surface area contributed by atoms with Gasteiger partial charge in [-0.3, -0.25) is 9.67 Å². The van der Waals surface area contributed by atoms with Crippen LogP contribution in [0.4, 0.5) is 0 Å². The number of hydrogen-bond acceptors (Lipinski definition) is 3. The lowest BCUT2D eigenvalue weighted by Crippen LogP contribution is -2.22. The zero-order chi connectivity index (χ0) is 13.1. The van der Waals surface area contributed by atoms with Crippen LogP contribution >= 0.6 is 0 Å². The molecule has 0 spiro atoms. The molecule has 2 aromatic heterocycles. The van der Waals surface area contributed by atoms with Crippen molar-refractivity contribution in [1.82, 2.24) is 20.1 Å². The molecule has 0 saturated carbocycles. The lowest BCUT2D eigenvalue weighted by molar-refractivity contribution is 0.492. The number of rotatable bonds is 4. The molecular formula is C14H20N4. The van der Waals surface area contributed by atoms with Crippen molar-refractivity contribution in [2.24, 2.45) is 7.05 Å². The summed E-state index contributed by atoms with van der Waals surface area (Å²) in [5, 5.41) is 7.87. The Balaban J connectivity index is 2.08. The van der Waals surface area contributed by atoms with Crippen LogP contribution in [-0.2, 0) is 7.05 Å².